The van der Waals surface area contributed by atoms with Crippen LogP contribution in [0, 0.1) is 17.6 Å². The highest BCUT2D eigenvalue weighted by atomic mass is 32.2. The molecule has 0 aliphatic carbocycles. The lowest BCUT2D eigenvalue weighted by atomic mass is 9.98. The molecule has 3 rings (SSSR count). The highest BCUT2D eigenvalue weighted by Gasteiger charge is 2.33. The molecule has 1 aliphatic heterocycles. The molecule has 0 unspecified atom stereocenters. The van der Waals surface area contributed by atoms with Gasteiger partial charge in [0.1, 0.15) is 11.6 Å². The summed E-state index contributed by atoms with van der Waals surface area (Å²) in [5, 5.41) is 0. The van der Waals surface area contributed by atoms with Crippen molar-refractivity contribution in [3.05, 3.63) is 48.6 Å². The first-order valence-corrected chi connectivity index (χ1v) is 8.82. The van der Waals surface area contributed by atoms with Crippen LogP contribution >= 0.6 is 0 Å². The van der Waals surface area contributed by atoms with E-state index in [-0.39, 0.29) is 13.1 Å². The van der Waals surface area contributed by atoms with E-state index < -0.39 is 26.6 Å². The first-order chi connectivity index (χ1) is 11.0. The average Bonchev–Trinajstić information content (AvgIpc) is 3.00. The van der Waals surface area contributed by atoms with E-state index in [9.17, 15) is 17.2 Å². The maximum atomic E-state index is 13.8. The van der Waals surface area contributed by atoms with Gasteiger partial charge >= 0.3 is 0 Å². The molecule has 1 fully saturated rings. The molecular weight excluding hydrogens is 324 g/mol. The Labute approximate surface area is 133 Å². The molecule has 0 bridgehead atoms. The van der Waals surface area contributed by atoms with E-state index in [1.165, 1.54) is 4.31 Å². The van der Waals surface area contributed by atoms with Crippen LogP contribution in [0.1, 0.15) is 12.8 Å². The van der Waals surface area contributed by atoms with Crippen LogP contribution in [0.5, 0.6) is 0 Å². The lowest BCUT2D eigenvalue weighted by Gasteiger charge is -2.31. The number of halogens is 2. The van der Waals surface area contributed by atoms with Crippen molar-refractivity contribution >= 4 is 10.0 Å². The number of rotatable bonds is 4. The van der Waals surface area contributed by atoms with Crippen molar-refractivity contribution in [1.29, 1.82) is 0 Å². The largest absolute Gasteiger partial charge is 0.337 e. The minimum atomic E-state index is -4.14. The minimum absolute atomic E-state index is 0.259. The van der Waals surface area contributed by atoms with Gasteiger partial charge in [-0.2, -0.15) is 4.31 Å². The summed E-state index contributed by atoms with van der Waals surface area (Å²) >= 11 is 0. The zero-order valence-electron chi connectivity index (χ0n) is 12.4. The molecule has 1 aromatic heterocycles. The van der Waals surface area contributed by atoms with Gasteiger partial charge in [0.25, 0.3) is 0 Å². The first-order valence-electron chi connectivity index (χ1n) is 7.38. The predicted octanol–water partition coefficient (Wildman–Crippen LogP) is 2.26. The van der Waals surface area contributed by atoms with E-state index >= 15 is 0 Å². The molecule has 0 amide bonds. The molecule has 0 spiro atoms. The van der Waals surface area contributed by atoms with Crippen molar-refractivity contribution in [2.24, 2.45) is 5.92 Å². The maximum Gasteiger partial charge on any atom is 0.248 e. The number of nitrogens with zero attached hydrogens (tertiary/aromatic N) is 3. The second kappa shape index (κ2) is 6.37. The molecule has 1 aromatic carbocycles. The summed E-state index contributed by atoms with van der Waals surface area (Å²) in [5.74, 6) is -1.78. The standard InChI is InChI=1S/C15H17F2N3O2S/c16-13-2-1-3-14(17)15(13)23(21,22)20-7-4-12(5-8-20)10-19-9-6-18-11-19/h1-3,6,9,11-12H,4-5,7-8,10H2. The molecule has 0 saturated carbocycles. The second-order valence-corrected chi connectivity index (χ2v) is 7.53. The Hall–Kier alpha value is -1.80. The molecule has 2 aromatic rings. The van der Waals surface area contributed by atoms with E-state index in [4.69, 9.17) is 0 Å². The maximum absolute atomic E-state index is 13.8. The molecule has 0 atom stereocenters. The number of piperidine rings is 1. The van der Waals surface area contributed by atoms with Gasteiger partial charge in [0.15, 0.2) is 4.90 Å². The van der Waals surface area contributed by atoms with Crippen molar-refractivity contribution in [3.63, 3.8) is 0 Å². The average molecular weight is 341 g/mol. The summed E-state index contributed by atoms with van der Waals surface area (Å²) in [6.45, 7) is 1.28. The third-order valence-corrected chi connectivity index (χ3v) is 6.07. The zero-order chi connectivity index (χ0) is 16.4. The zero-order valence-corrected chi connectivity index (χ0v) is 13.2. The van der Waals surface area contributed by atoms with Gasteiger partial charge in [0.05, 0.1) is 6.33 Å². The van der Waals surface area contributed by atoms with Gasteiger partial charge in [-0.25, -0.2) is 22.2 Å². The summed E-state index contributed by atoms with van der Waals surface area (Å²) in [5.41, 5.74) is 0. The molecule has 5 nitrogen and oxygen atoms in total. The smallest absolute Gasteiger partial charge is 0.248 e. The van der Waals surface area contributed by atoms with Crippen molar-refractivity contribution in [2.45, 2.75) is 24.3 Å². The van der Waals surface area contributed by atoms with Crippen molar-refractivity contribution in [2.75, 3.05) is 13.1 Å². The fraction of sp³-hybridized carbons (Fsp3) is 0.400. The van der Waals surface area contributed by atoms with Crippen LogP contribution in [0.15, 0.2) is 41.8 Å². The van der Waals surface area contributed by atoms with Crippen LogP contribution in [0.25, 0.3) is 0 Å². The van der Waals surface area contributed by atoms with Gasteiger partial charge in [-0.15, -0.1) is 0 Å². The van der Waals surface area contributed by atoms with Gasteiger partial charge in [0.2, 0.25) is 10.0 Å². The van der Waals surface area contributed by atoms with Gasteiger partial charge in [-0.05, 0) is 30.9 Å². The van der Waals surface area contributed by atoms with Crippen LogP contribution in [0.2, 0.25) is 0 Å². The quantitative estimate of drug-likeness (QED) is 0.857. The summed E-state index contributed by atoms with van der Waals surface area (Å²) in [7, 11) is -4.14. The first kappa shape index (κ1) is 16.1. The normalized spacial score (nSPS) is 17.5. The van der Waals surface area contributed by atoms with Gasteiger partial charge in [-0.1, -0.05) is 6.07 Å². The summed E-state index contributed by atoms with van der Waals surface area (Å²) in [6, 6.07) is 3.07. The number of hydrogen-bond donors (Lipinski definition) is 0. The molecule has 1 aliphatic rings. The molecule has 124 valence electrons. The van der Waals surface area contributed by atoms with Gasteiger partial charge < -0.3 is 4.57 Å². The Bertz CT molecular complexity index is 750. The lowest BCUT2D eigenvalue weighted by molar-refractivity contribution is 0.252. The fourth-order valence-corrected chi connectivity index (χ4v) is 4.46. The fourth-order valence-electron chi connectivity index (χ4n) is 2.88. The Morgan fingerprint density at radius 2 is 1.83 bits per heavy atom. The van der Waals surface area contributed by atoms with Crippen LogP contribution in [0.4, 0.5) is 8.78 Å². The van der Waals surface area contributed by atoms with Gasteiger partial charge in [0, 0.05) is 32.0 Å². The third kappa shape index (κ3) is 3.28. The predicted molar refractivity (Wildman–Crippen MR) is 80.1 cm³/mol. The molecular formula is C15H17F2N3O2S. The van der Waals surface area contributed by atoms with Crippen molar-refractivity contribution < 1.29 is 17.2 Å². The van der Waals surface area contributed by atoms with Crippen molar-refractivity contribution in [3.8, 4) is 0 Å². The molecule has 0 radical (unpaired) electrons. The lowest BCUT2D eigenvalue weighted by Crippen LogP contribution is -2.39. The number of aromatic nitrogens is 2. The Kier molecular flexibility index (Phi) is 4.45. The van der Waals surface area contributed by atoms with E-state index in [0.29, 0.717) is 18.8 Å². The minimum Gasteiger partial charge on any atom is -0.337 e. The number of benzene rings is 1. The third-order valence-electron chi connectivity index (χ3n) is 4.12. The van der Waals surface area contributed by atoms with E-state index in [0.717, 1.165) is 24.7 Å². The molecule has 8 heteroatoms. The number of hydrogen-bond acceptors (Lipinski definition) is 3. The molecule has 0 N–H and O–H groups in total. The van der Waals surface area contributed by atoms with Crippen LogP contribution in [-0.4, -0.2) is 35.4 Å². The van der Waals surface area contributed by atoms with E-state index in [1.807, 2.05) is 10.8 Å². The van der Waals surface area contributed by atoms with Crippen LogP contribution in [-0.2, 0) is 16.6 Å². The highest BCUT2D eigenvalue weighted by Crippen LogP contribution is 2.27. The molecule has 1 saturated heterocycles. The van der Waals surface area contributed by atoms with Crippen LogP contribution < -0.4 is 0 Å². The monoisotopic (exact) mass is 341 g/mol. The Balaban J connectivity index is 1.71. The summed E-state index contributed by atoms with van der Waals surface area (Å²) in [6.07, 6.45) is 6.57. The Morgan fingerprint density at radius 1 is 1.17 bits per heavy atom. The van der Waals surface area contributed by atoms with E-state index in [1.54, 1.807) is 12.5 Å². The molecule has 2 heterocycles. The van der Waals surface area contributed by atoms with Crippen LogP contribution in [0.3, 0.4) is 0 Å². The van der Waals surface area contributed by atoms with Gasteiger partial charge in [-0.3, -0.25) is 0 Å². The Morgan fingerprint density at radius 3 is 2.39 bits per heavy atom. The summed E-state index contributed by atoms with van der Waals surface area (Å²) in [4.78, 5) is 3.12. The number of imidazole rings is 1. The van der Waals surface area contributed by atoms with E-state index in [2.05, 4.69) is 4.98 Å². The van der Waals surface area contributed by atoms with Crippen molar-refractivity contribution in [1.82, 2.24) is 13.9 Å². The second-order valence-electron chi connectivity index (χ2n) is 5.66. The highest BCUT2D eigenvalue weighted by molar-refractivity contribution is 7.89. The molecule has 23 heavy (non-hydrogen) atoms. The summed E-state index contributed by atoms with van der Waals surface area (Å²) < 4.78 is 55.6. The topological polar surface area (TPSA) is 55.2 Å². The number of sulfonamides is 1. The SMILES string of the molecule is O=S(=O)(c1c(F)cccc1F)N1CCC(Cn2ccnc2)CC1.